The van der Waals surface area contributed by atoms with E-state index in [-0.39, 0.29) is 20.1 Å². The predicted octanol–water partition coefficient (Wildman–Crippen LogP) is 3.89. The number of hydrogen-bond donors (Lipinski definition) is 1. The second-order valence-corrected chi connectivity index (χ2v) is 4.30. The van der Waals surface area contributed by atoms with E-state index < -0.39 is 0 Å². The van der Waals surface area contributed by atoms with E-state index in [0.29, 0.717) is 0 Å². The van der Waals surface area contributed by atoms with Crippen molar-refractivity contribution in [3.05, 3.63) is 48.5 Å². The van der Waals surface area contributed by atoms with E-state index in [1.165, 1.54) is 21.2 Å². The van der Waals surface area contributed by atoms with Crippen LogP contribution in [0.4, 0.5) is 11.4 Å². The summed E-state index contributed by atoms with van der Waals surface area (Å²) in [6.07, 6.45) is 0. The molecule has 15 heavy (non-hydrogen) atoms. The molecule has 0 aliphatic carbocycles. The van der Waals surface area contributed by atoms with Crippen molar-refractivity contribution in [1.82, 2.24) is 0 Å². The maximum absolute atomic E-state index is 3.42. The number of para-hydroxylation sites is 2. The van der Waals surface area contributed by atoms with Crippen molar-refractivity contribution in [2.24, 2.45) is 0 Å². The van der Waals surface area contributed by atoms with E-state index >= 15 is 0 Å². The Kier molecular flexibility index (Phi) is 3.15. The first kappa shape index (κ1) is 10.7. The molecule has 77 valence electrons. The normalized spacial score (nSPS) is 11.7. The second kappa shape index (κ2) is 4.40. The average molecular weight is 391 g/mol. The first-order chi connectivity index (χ1) is 6.93. The van der Waals surface area contributed by atoms with Crippen molar-refractivity contribution in [2.75, 3.05) is 5.32 Å². The van der Waals surface area contributed by atoms with E-state index in [1.54, 1.807) is 0 Å². The van der Waals surface area contributed by atoms with Crippen molar-refractivity contribution < 1.29 is 20.1 Å². The Labute approximate surface area is 107 Å². The first-order valence-electron chi connectivity index (χ1n) is 4.56. The Morgan fingerprint density at radius 2 is 1.20 bits per heavy atom. The van der Waals surface area contributed by atoms with Crippen LogP contribution in [0.25, 0.3) is 0 Å². The van der Waals surface area contributed by atoms with Crippen LogP contribution in [-0.2, 0) is 20.1 Å². The Morgan fingerprint density at radius 1 is 0.733 bits per heavy atom. The van der Waals surface area contributed by atoms with Gasteiger partial charge < -0.3 is 5.32 Å². The predicted molar refractivity (Wildman–Crippen MR) is 60.3 cm³/mol. The zero-order chi connectivity index (χ0) is 9.38. The molecule has 0 aromatic heterocycles. The van der Waals surface area contributed by atoms with Crippen molar-refractivity contribution in [1.29, 1.82) is 0 Å². The summed E-state index contributed by atoms with van der Waals surface area (Å²) in [6, 6.07) is 16.8. The fourth-order valence-electron chi connectivity index (χ4n) is 1.58. The van der Waals surface area contributed by atoms with Gasteiger partial charge in [0, 0.05) is 29.9 Å². The summed E-state index contributed by atoms with van der Waals surface area (Å²) in [6.45, 7) is 0. The van der Waals surface area contributed by atoms with Gasteiger partial charge in [0.05, 0.1) is 11.4 Å². The molecule has 1 heterocycles. The smallest absolute Gasteiger partial charge is 0.0526 e. The number of benzene rings is 2. The molecule has 0 saturated carbocycles. The number of fused-ring (bicyclic) bond motifs is 2. The molecule has 0 atom stereocenters. The molecule has 1 aliphatic heterocycles. The Balaban J connectivity index is 0.000000853. The molecule has 3 rings (SSSR count). The third-order valence-electron chi connectivity index (χ3n) is 2.26. The van der Waals surface area contributed by atoms with Gasteiger partial charge in [-0.25, -0.2) is 0 Å². The van der Waals surface area contributed by atoms with Gasteiger partial charge in [0.25, 0.3) is 0 Å². The van der Waals surface area contributed by atoms with Crippen LogP contribution in [0.15, 0.2) is 58.3 Å². The van der Waals surface area contributed by atoms with Gasteiger partial charge in [0.1, 0.15) is 0 Å². The number of nitrogens with one attached hydrogen (secondary N) is 1. The van der Waals surface area contributed by atoms with Crippen LogP contribution in [0.3, 0.4) is 0 Å². The first-order valence-corrected chi connectivity index (χ1v) is 5.38. The van der Waals surface area contributed by atoms with Crippen LogP contribution >= 0.6 is 11.8 Å². The molecule has 0 saturated heterocycles. The maximum Gasteiger partial charge on any atom is 0.0526 e. The molecule has 3 heteroatoms. The van der Waals surface area contributed by atoms with Crippen molar-refractivity contribution in [3.8, 4) is 0 Å². The van der Waals surface area contributed by atoms with E-state index in [1.807, 2.05) is 11.8 Å². The Bertz CT molecular complexity index is 397. The molecule has 0 spiro atoms. The second-order valence-electron chi connectivity index (χ2n) is 3.22. The van der Waals surface area contributed by atoms with Gasteiger partial charge in [-0.05, 0) is 24.3 Å². The Morgan fingerprint density at radius 3 is 1.73 bits per heavy atom. The monoisotopic (exact) mass is 392 g/mol. The van der Waals surface area contributed by atoms with Gasteiger partial charge in [-0.15, -0.1) is 0 Å². The van der Waals surface area contributed by atoms with E-state index in [0.717, 1.165) is 0 Å². The molecule has 0 unspecified atom stereocenters. The minimum atomic E-state index is 0. The third-order valence-corrected chi connectivity index (χ3v) is 3.42. The zero-order valence-electron chi connectivity index (χ0n) is 7.86. The zero-order valence-corrected chi connectivity index (χ0v) is 11.1. The molecule has 0 bridgehead atoms. The summed E-state index contributed by atoms with van der Waals surface area (Å²) in [5.74, 6) is 0. The minimum Gasteiger partial charge on any atom is -0.354 e. The van der Waals surface area contributed by atoms with Gasteiger partial charge in [-0.3, -0.25) is 0 Å². The van der Waals surface area contributed by atoms with Crippen LogP contribution in [0.5, 0.6) is 0 Å². The summed E-state index contributed by atoms with van der Waals surface area (Å²) in [5, 5.41) is 3.42. The number of hydrogen-bond acceptors (Lipinski definition) is 2. The van der Waals surface area contributed by atoms with Gasteiger partial charge in [-0.1, -0.05) is 36.0 Å². The molecule has 0 amide bonds. The third kappa shape index (κ3) is 1.96. The van der Waals surface area contributed by atoms with Gasteiger partial charge >= 0.3 is 0 Å². The van der Waals surface area contributed by atoms with Crippen molar-refractivity contribution in [3.63, 3.8) is 0 Å². The fourth-order valence-corrected chi connectivity index (χ4v) is 2.57. The summed E-state index contributed by atoms with van der Waals surface area (Å²) in [5.41, 5.74) is 2.41. The number of rotatable bonds is 0. The Hall–Kier alpha value is -0.761. The summed E-state index contributed by atoms with van der Waals surface area (Å²) in [4.78, 5) is 2.59. The van der Waals surface area contributed by atoms with Gasteiger partial charge in [-0.2, -0.15) is 0 Å². The molecule has 2 aromatic rings. The molecule has 2 aromatic carbocycles. The molecular formula is C12H9IrNS. The van der Waals surface area contributed by atoms with Crippen molar-refractivity contribution in [2.45, 2.75) is 9.79 Å². The van der Waals surface area contributed by atoms with Gasteiger partial charge in [0.15, 0.2) is 0 Å². The van der Waals surface area contributed by atoms with Gasteiger partial charge in [0.2, 0.25) is 0 Å². The molecule has 0 fully saturated rings. The summed E-state index contributed by atoms with van der Waals surface area (Å²) in [7, 11) is 0. The van der Waals surface area contributed by atoms with E-state index in [4.69, 9.17) is 0 Å². The van der Waals surface area contributed by atoms with Crippen LogP contribution in [-0.4, -0.2) is 0 Å². The van der Waals surface area contributed by atoms with Crippen LogP contribution in [0, 0.1) is 0 Å². The quantitative estimate of drug-likeness (QED) is 0.624. The van der Waals surface area contributed by atoms with Crippen LogP contribution in [0.2, 0.25) is 0 Å². The van der Waals surface area contributed by atoms with Crippen LogP contribution < -0.4 is 5.32 Å². The minimum absolute atomic E-state index is 0. The maximum atomic E-state index is 3.42. The fraction of sp³-hybridized carbons (Fsp3) is 0. The molecular weight excluding hydrogens is 382 g/mol. The van der Waals surface area contributed by atoms with E-state index in [2.05, 4.69) is 53.8 Å². The topological polar surface area (TPSA) is 12.0 Å². The molecule has 1 radical (unpaired) electrons. The summed E-state index contributed by atoms with van der Waals surface area (Å²) < 4.78 is 0. The SMILES string of the molecule is [Ir].c1ccc2c(c1)Nc1ccccc1S2. The standard InChI is InChI=1S/C12H9NS.Ir/c1-3-7-11-9(5-1)13-10-6-2-4-8-12(10)14-11;/h1-8,13H;. The summed E-state index contributed by atoms with van der Waals surface area (Å²) >= 11 is 1.82. The van der Waals surface area contributed by atoms with Crippen LogP contribution in [0.1, 0.15) is 0 Å². The van der Waals surface area contributed by atoms with Crippen molar-refractivity contribution >= 4 is 23.1 Å². The average Bonchev–Trinajstić information content (AvgIpc) is 2.26. The largest absolute Gasteiger partial charge is 0.354 e. The van der Waals surface area contributed by atoms with E-state index in [9.17, 15) is 0 Å². The molecule has 1 aliphatic rings. The number of anilines is 2. The molecule has 1 nitrogen and oxygen atoms in total. The molecule has 1 N–H and O–H groups in total.